The average molecular weight is 295 g/mol. The van der Waals surface area contributed by atoms with Crippen molar-refractivity contribution in [3.05, 3.63) is 52.7 Å². The van der Waals surface area contributed by atoms with Gasteiger partial charge in [-0.2, -0.15) is 0 Å². The first-order valence-corrected chi connectivity index (χ1v) is 5.86. The predicted molar refractivity (Wildman–Crippen MR) is 68.7 cm³/mol. The normalized spacial score (nSPS) is 9.94. The third kappa shape index (κ3) is 3.64. The molecule has 0 spiro atoms. The van der Waals surface area contributed by atoms with Crippen molar-refractivity contribution in [1.29, 1.82) is 0 Å². The van der Waals surface area contributed by atoms with E-state index in [4.69, 9.17) is 4.42 Å². The number of urea groups is 1. The zero-order valence-corrected chi connectivity index (χ0v) is 10.5. The van der Waals surface area contributed by atoms with E-state index in [1.165, 1.54) is 6.26 Å². The molecule has 0 aliphatic carbocycles. The molecule has 2 amide bonds. The van der Waals surface area contributed by atoms with Crippen LogP contribution in [-0.4, -0.2) is 6.03 Å². The highest BCUT2D eigenvalue weighted by Crippen LogP contribution is 2.10. The van der Waals surface area contributed by atoms with Gasteiger partial charge in [0.05, 0.1) is 6.26 Å². The standard InChI is InChI=1S/C12H11BrN2O2/c13-10-5-3-9(4-6-10)8-14-12(16)15-11-2-1-7-17-11/h1-7H,8H2,(H2,14,15,16). The van der Waals surface area contributed by atoms with Crippen LogP contribution in [0.1, 0.15) is 5.56 Å². The van der Waals surface area contributed by atoms with Gasteiger partial charge in [-0.15, -0.1) is 0 Å². The number of hydrogen-bond acceptors (Lipinski definition) is 2. The SMILES string of the molecule is O=C(NCc1ccc(Br)cc1)Nc1ccco1. The number of furan rings is 1. The Kier molecular flexibility index (Phi) is 3.82. The molecule has 2 aromatic rings. The Morgan fingerprint density at radius 3 is 2.65 bits per heavy atom. The number of rotatable bonds is 3. The van der Waals surface area contributed by atoms with E-state index in [1.54, 1.807) is 12.1 Å². The lowest BCUT2D eigenvalue weighted by Crippen LogP contribution is -2.27. The van der Waals surface area contributed by atoms with Gasteiger partial charge in [-0.1, -0.05) is 28.1 Å². The molecule has 1 heterocycles. The van der Waals surface area contributed by atoms with Crippen molar-refractivity contribution in [2.75, 3.05) is 5.32 Å². The predicted octanol–water partition coefficient (Wildman–Crippen LogP) is 3.36. The van der Waals surface area contributed by atoms with E-state index >= 15 is 0 Å². The molecule has 0 unspecified atom stereocenters. The number of benzene rings is 1. The molecule has 0 fully saturated rings. The van der Waals surface area contributed by atoms with Crippen LogP contribution >= 0.6 is 15.9 Å². The number of carbonyl (C=O) groups excluding carboxylic acids is 1. The van der Waals surface area contributed by atoms with E-state index < -0.39 is 0 Å². The molecule has 88 valence electrons. The molecule has 0 aliphatic heterocycles. The van der Waals surface area contributed by atoms with Crippen LogP contribution in [0.5, 0.6) is 0 Å². The van der Waals surface area contributed by atoms with Gasteiger partial charge >= 0.3 is 6.03 Å². The van der Waals surface area contributed by atoms with Crippen molar-refractivity contribution >= 4 is 27.8 Å². The van der Waals surface area contributed by atoms with Gasteiger partial charge in [0.25, 0.3) is 0 Å². The maximum Gasteiger partial charge on any atom is 0.321 e. The molecule has 17 heavy (non-hydrogen) atoms. The van der Waals surface area contributed by atoms with Gasteiger partial charge in [-0.3, -0.25) is 5.32 Å². The minimum absolute atomic E-state index is 0.289. The number of amides is 2. The fourth-order valence-corrected chi connectivity index (χ4v) is 1.55. The summed E-state index contributed by atoms with van der Waals surface area (Å²) in [5, 5.41) is 5.31. The molecule has 4 nitrogen and oxygen atoms in total. The van der Waals surface area contributed by atoms with Gasteiger partial charge < -0.3 is 9.73 Å². The molecule has 0 radical (unpaired) electrons. The Morgan fingerprint density at radius 2 is 2.00 bits per heavy atom. The van der Waals surface area contributed by atoms with E-state index in [0.29, 0.717) is 12.4 Å². The second-order valence-corrected chi connectivity index (χ2v) is 4.33. The molecule has 0 bridgehead atoms. The van der Waals surface area contributed by atoms with Gasteiger partial charge in [0, 0.05) is 17.1 Å². The van der Waals surface area contributed by atoms with Crippen LogP contribution in [-0.2, 0) is 6.54 Å². The Hall–Kier alpha value is -1.75. The summed E-state index contributed by atoms with van der Waals surface area (Å²) < 4.78 is 6.01. The molecule has 1 aromatic carbocycles. The first-order chi connectivity index (χ1) is 8.24. The van der Waals surface area contributed by atoms with Crippen molar-refractivity contribution in [2.24, 2.45) is 0 Å². The monoisotopic (exact) mass is 294 g/mol. The molecule has 5 heteroatoms. The van der Waals surface area contributed by atoms with E-state index in [-0.39, 0.29) is 6.03 Å². The van der Waals surface area contributed by atoms with Crippen molar-refractivity contribution in [3.8, 4) is 0 Å². The van der Waals surface area contributed by atoms with Gasteiger partial charge in [0.1, 0.15) is 0 Å². The molecule has 0 saturated heterocycles. The van der Waals surface area contributed by atoms with Crippen LogP contribution in [0.3, 0.4) is 0 Å². The fraction of sp³-hybridized carbons (Fsp3) is 0.0833. The van der Waals surface area contributed by atoms with E-state index in [2.05, 4.69) is 26.6 Å². The Morgan fingerprint density at radius 1 is 1.24 bits per heavy atom. The van der Waals surface area contributed by atoms with Crippen LogP contribution in [0.25, 0.3) is 0 Å². The topological polar surface area (TPSA) is 54.3 Å². The minimum atomic E-state index is -0.289. The molecular formula is C12H11BrN2O2. The molecule has 1 aromatic heterocycles. The smallest absolute Gasteiger partial charge is 0.321 e. The first-order valence-electron chi connectivity index (χ1n) is 5.07. The lowest BCUT2D eigenvalue weighted by Gasteiger charge is -2.05. The number of hydrogen-bond donors (Lipinski definition) is 2. The summed E-state index contributed by atoms with van der Waals surface area (Å²) in [5.41, 5.74) is 1.03. The summed E-state index contributed by atoms with van der Waals surface area (Å²) in [4.78, 5) is 11.5. The van der Waals surface area contributed by atoms with Gasteiger partial charge in [-0.25, -0.2) is 4.79 Å². The summed E-state index contributed by atoms with van der Waals surface area (Å²) in [7, 11) is 0. The highest BCUT2D eigenvalue weighted by molar-refractivity contribution is 9.10. The summed E-state index contributed by atoms with van der Waals surface area (Å²) in [6, 6.07) is 10.9. The average Bonchev–Trinajstić information content (AvgIpc) is 2.81. The van der Waals surface area contributed by atoms with Crippen molar-refractivity contribution in [1.82, 2.24) is 5.32 Å². The van der Waals surface area contributed by atoms with Crippen LogP contribution in [0.2, 0.25) is 0 Å². The molecule has 0 aliphatic rings. The lowest BCUT2D eigenvalue weighted by atomic mass is 10.2. The third-order valence-corrected chi connectivity index (χ3v) is 2.65. The quantitative estimate of drug-likeness (QED) is 0.912. The van der Waals surface area contributed by atoms with Crippen LogP contribution < -0.4 is 10.6 Å². The number of anilines is 1. The third-order valence-electron chi connectivity index (χ3n) is 2.12. The van der Waals surface area contributed by atoms with Crippen molar-refractivity contribution in [2.45, 2.75) is 6.54 Å². The second kappa shape index (κ2) is 5.54. The van der Waals surface area contributed by atoms with E-state index in [1.807, 2.05) is 24.3 Å². The maximum atomic E-state index is 11.5. The van der Waals surface area contributed by atoms with Gasteiger partial charge in [-0.05, 0) is 23.8 Å². The van der Waals surface area contributed by atoms with E-state index in [0.717, 1.165) is 10.0 Å². The number of halogens is 1. The highest BCUT2D eigenvalue weighted by atomic mass is 79.9. The van der Waals surface area contributed by atoms with Crippen LogP contribution in [0.4, 0.5) is 10.7 Å². The fourth-order valence-electron chi connectivity index (χ4n) is 1.29. The minimum Gasteiger partial charge on any atom is -0.449 e. The zero-order valence-electron chi connectivity index (χ0n) is 8.94. The Balaban J connectivity index is 1.82. The summed E-state index contributed by atoms with van der Waals surface area (Å²) in [6.45, 7) is 0.472. The van der Waals surface area contributed by atoms with Crippen LogP contribution in [0, 0.1) is 0 Å². The van der Waals surface area contributed by atoms with Gasteiger partial charge in [0.15, 0.2) is 0 Å². The Labute approximate surface area is 107 Å². The highest BCUT2D eigenvalue weighted by Gasteiger charge is 2.02. The van der Waals surface area contributed by atoms with Crippen molar-refractivity contribution in [3.63, 3.8) is 0 Å². The van der Waals surface area contributed by atoms with Gasteiger partial charge in [0.2, 0.25) is 5.88 Å². The number of carbonyl (C=O) groups is 1. The lowest BCUT2D eigenvalue weighted by molar-refractivity contribution is 0.251. The summed E-state index contributed by atoms with van der Waals surface area (Å²) >= 11 is 3.35. The molecule has 0 saturated carbocycles. The maximum absolute atomic E-state index is 11.5. The summed E-state index contributed by atoms with van der Waals surface area (Å²) in [6.07, 6.45) is 1.50. The van der Waals surface area contributed by atoms with Crippen molar-refractivity contribution < 1.29 is 9.21 Å². The van der Waals surface area contributed by atoms with Crippen LogP contribution in [0.15, 0.2) is 51.6 Å². The molecular weight excluding hydrogens is 284 g/mol. The largest absolute Gasteiger partial charge is 0.449 e. The Bertz CT molecular complexity index is 480. The molecule has 0 atom stereocenters. The first kappa shape index (κ1) is 11.7. The second-order valence-electron chi connectivity index (χ2n) is 3.41. The number of nitrogens with one attached hydrogen (secondary N) is 2. The molecule has 2 N–H and O–H groups in total. The summed E-state index contributed by atoms with van der Waals surface area (Å²) in [5.74, 6) is 0.429. The zero-order chi connectivity index (χ0) is 12.1. The molecule has 2 rings (SSSR count). The van der Waals surface area contributed by atoms with E-state index in [9.17, 15) is 4.79 Å².